The third-order valence-electron chi connectivity index (χ3n) is 5.67. The van der Waals surface area contributed by atoms with E-state index in [1.807, 2.05) is 25.1 Å². The second-order valence-corrected chi connectivity index (χ2v) is 7.82. The van der Waals surface area contributed by atoms with E-state index in [9.17, 15) is 9.18 Å². The Labute approximate surface area is 179 Å². The minimum Gasteiger partial charge on any atom is -0.454 e. The van der Waals surface area contributed by atoms with E-state index in [0.717, 1.165) is 36.4 Å². The summed E-state index contributed by atoms with van der Waals surface area (Å²) in [4.78, 5) is 15.0. The van der Waals surface area contributed by atoms with Gasteiger partial charge in [-0.2, -0.15) is 5.10 Å². The van der Waals surface area contributed by atoms with E-state index in [1.165, 1.54) is 10.7 Å². The molecule has 1 amide bonds. The first-order valence-electron chi connectivity index (χ1n) is 10.3. The fourth-order valence-corrected chi connectivity index (χ4v) is 4.28. The lowest BCUT2D eigenvalue weighted by molar-refractivity contribution is -0.117. The highest BCUT2D eigenvalue weighted by Crippen LogP contribution is 2.38. The third-order valence-corrected chi connectivity index (χ3v) is 5.67. The van der Waals surface area contributed by atoms with E-state index in [4.69, 9.17) is 9.47 Å². The van der Waals surface area contributed by atoms with E-state index in [0.29, 0.717) is 17.2 Å². The third kappa shape index (κ3) is 3.86. The number of likely N-dealkylation sites (tertiary alicyclic amines) is 1. The molecule has 0 aliphatic carbocycles. The predicted molar refractivity (Wildman–Crippen MR) is 113 cm³/mol. The van der Waals surface area contributed by atoms with Crippen molar-refractivity contribution in [1.82, 2.24) is 14.7 Å². The maximum Gasteiger partial charge on any atom is 0.239 e. The zero-order valence-corrected chi connectivity index (χ0v) is 17.2. The standard InChI is InChI=1S/C23H23FN4O3/c1-15-11-22(28(26-15)19-6-3-2-5-17(19)24)25-23(29)13-27-10-4-7-18(27)16-8-9-20-21(12-16)31-14-30-20/h2-3,5-6,8-9,11-12,18H,4,7,10,13-14H2,1H3,(H,25,29). The van der Waals surface area contributed by atoms with Crippen LogP contribution >= 0.6 is 0 Å². The fraction of sp³-hybridized carbons (Fsp3) is 0.304. The van der Waals surface area contributed by atoms with Crippen molar-refractivity contribution < 1.29 is 18.7 Å². The first-order chi connectivity index (χ1) is 15.1. The molecule has 7 nitrogen and oxygen atoms in total. The fourth-order valence-electron chi connectivity index (χ4n) is 4.28. The second kappa shape index (κ2) is 8.03. The van der Waals surface area contributed by atoms with Crippen LogP contribution in [0.25, 0.3) is 5.69 Å². The van der Waals surface area contributed by atoms with Crippen molar-refractivity contribution in [2.75, 3.05) is 25.2 Å². The smallest absolute Gasteiger partial charge is 0.239 e. The number of hydrogen-bond acceptors (Lipinski definition) is 5. The van der Waals surface area contributed by atoms with Crippen LogP contribution in [-0.4, -0.2) is 40.5 Å². The summed E-state index contributed by atoms with van der Waals surface area (Å²) in [7, 11) is 0. The molecule has 1 aromatic heterocycles. The minimum atomic E-state index is -0.400. The van der Waals surface area contributed by atoms with E-state index in [-0.39, 0.29) is 25.3 Å². The normalized spacial score (nSPS) is 17.8. The van der Waals surface area contributed by atoms with Crippen molar-refractivity contribution in [3.05, 3.63) is 65.6 Å². The molecule has 1 fully saturated rings. The number of halogens is 1. The molecule has 0 bridgehead atoms. The van der Waals surface area contributed by atoms with Crippen LogP contribution in [0.1, 0.15) is 30.1 Å². The van der Waals surface area contributed by atoms with Crippen LogP contribution in [0.5, 0.6) is 11.5 Å². The molecule has 1 saturated heterocycles. The van der Waals surface area contributed by atoms with Gasteiger partial charge in [0.15, 0.2) is 11.5 Å². The van der Waals surface area contributed by atoms with Gasteiger partial charge in [-0.1, -0.05) is 18.2 Å². The Morgan fingerprint density at radius 2 is 2.03 bits per heavy atom. The van der Waals surface area contributed by atoms with E-state index >= 15 is 0 Å². The van der Waals surface area contributed by atoms with Crippen molar-refractivity contribution in [3.63, 3.8) is 0 Å². The number of nitrogens with one attached hydrogen (secondary N) is 1. The molecule has 8 heteroatoms. The van der Waals surface area contributed by atoms with Gasteiger partial charge in [0.2, 0.25) is 12.7 Å². The van der Waals surface area contributed by atoms with Crippen LogP contribution in [0.4, 0.5) is 10.2 Å². The van der Waals surface area contributed by atoms with E-state index < -0.39 is 5.82 Å². The van der Waals surface area contributed by atoms with Gasteiger partial charge in [-0.05, 0) is 56.1 Å². The molecule has 3 heterocycles. The molecule has 160 valence electrons. The van der Waals surface area contributed by atoms with Crippen LogP contribution in [-0.2, 0) is 4.79 Å². The Morgan fingerprint density at radius 3 is 2.90 bits per heavy atom. The molecule has 2 aromatic carbocycles. The number of ether oxygens (including phenoxy) is 2. The summed E-state index contributed by atoms with van der Waals surface area (Å²) in [5.74, 6) is 1.39. The number of anilines is 1. The van der Waals surface area contributed by atoms with Crippen molar-refractivity contribution in [2.45, 2.75) is 25.8 Å². The molecule has 1 N–H and O–H groups in total. The highest BCUT2D eigenvalue weighted by molar-refractivity contribution is 5.91. The first kappa shape index (κ1) is 19.6. The molecule has 2 aliphatic heterocycles. The highest BCUT2D eigenvalue weighted by Gasteiger charge is 2.29. The van der Waals surface area contributed by atoms with Gasteiger partial charge in [0, 0.05) is 12.1 Å². The molecule has 1 atom stereocenters. The number of aryl methyl sites for hydroxylation is 1. The van der Waals surface area contributed by atoms with Crippen LogP contribution in [0.2, 0.25) is 0 Å². The lowest BCUT2D eigenvalue weighted by Crippen LogP contribution is -2.33. The van der Waals surface area contributed by atoms with Gasteiger partial charge in [-0.15, -0.1) is 0 Å². The van der Waals surface area contributed by atoms with Gasteiger partial charge in [0.1, 0.15) is 17.3 Å². The predicted octanol–water partition coefficient (Wildman–Crippen LogP) is 3.82. The molecule has 0 saturated carbocycles. The van der Waals surface area contributed by atoms with E-state index in [1.54, 1.807) is 24.3 Å². The Balaban J connectivity index is 1.31. The Morgan fingerprint density at radius 1 is 1.19 bits per heavy atom. The zero-order valence-electron chi connectivity index (χ0n) is 17.2. The molecular formula is C23H23FN4O3. The summed E-state index contributed by atoms with van der Waals surface area (Å²) in [5, 5.41) is 7.25. The van der Waals surface area contributed by atoms with Gasteiger partial charge < -0.3 is 14.8 Å². The van der Waals surface area contributed by atoms with Crippen molar-refractivity contribution in [3.8, 4) is 17.2 Å². The first-order valence-corrected chi connectivity index (χ1v) is 10.3. The maximum absolute atomic E-state index is 14.3. The van der Waals surface area contributed by atoms with E-state index in [2.05, 4.69) is 15.3 Å². The number of para-hydroxylation sites is 1. The molecule has 2 aliphatic rings. The van der Waals surface area contributed by atoms with Crippen LogP contribution in [0, 0.1) is 12.7 Å². The lowest BCUT2D eigenvalue weighted by Gasteiger charge is -2.24. The van der Waals surface area contributed by atoms with Gasteiger partial charge in [-0.25, -0.2) is 9.07 Å². The summed E-state index contributed by atoms with van der Waals surface area (Å²) < 4.78 is 26.6. The molecule has 1 unspecified atom stereocenters. The van der Waals surface area contributed by atoms with Gasteiger partial charge in [-0.3, -0.25) is 9.69 Å². The number of hydrogen-bond donors (Lipinski definition) is 1. The lowest BCUT2D eigenvalue weighted by atomic mass is 10.0. The van der Waals surface area contributed by atoms with Crippen LogP contribution in [0.15, 0.2) is 48.5 Å². The molecular weight excluding hydrogens is 399 g/mol. The number of amides is 1. The number of aromatic nitrogens is 2. The largest absolute Gasteiger partial charge is 0.454 e. The van der Waals surface area contributed by atoms with Crippen LogP contribution in [0.3, 0.4) is 0 Å². The average Bonchev–Trinajstić information content (AvgIpc) is 3.48. The SMILES string of the molecule is Cc1cc(NC(=O)CN2CCCC2c2ccc3c(c2)OCO3)n(-c2ccccc2F)n1. The summed E-state index contributed by atoms with van der Waals surface area (Å²) in [5.41, 5.74) is 2.10. The molecule has 0 radical (unpaired) electrons. The maximum atomic E-state index is 14.3. The molecule has 3 aromatic rings. The number of fused-ring (bicyclic) bond motifs is 1. The van der Waals surface area contributed by atoms with Crippen molar-refractivity contribution in [1.29, 1.82) is 0 Å². The number of carbonyl (C=O) groups is 1. The molecule has 31 heavy (non-hydrogen) atoms. The average molecular weight is 422 g/mol. The van der Waals surface area contributed by atoms with Crippen LogP contribution < -0.4 is 14.8 Å². The molecule has 5 rings (SSSR count). The summed E-state index contributed by atoms with van der Waals surface area (Å²) in [6.07, 6.45) is 1.98. The quantitative estimate of drug-likeness (QED) is 0.677. The zero-order chi connectivity index (χ0) is 21.4. The Kier molecular flexibility index (Phi) is 5.07. The topological polar surface area (TPSA) is 68.6 Å². The number of nitrogens with zero attached hydrogens (tertiary/aromatic N) is 3. The summed E-state index contributed by atoms with van der Waals surface area (Å²) in [6, 6.07) is 14.2. The molecule has 0 spiro atoms. The monoisotopic (exact) mass is 422 g/mol. The Hall–Kier alpha value is -3.39. The summed E-state index contributed by atoms with van der Waals surface area (Å²) >= 11 is 0. The highest BCUT2D eigenvalue weighted by atomic mass is 19.1. The second-order valence-electron chi connectivity index (χ2n) is 7.82. The van der Waals surface area contributed by atoms with Gasteiger partial charge in [0.05, 0.1) is 12.2 Å². The van der Waals surface area contributed by atoms with Crippen molar-refractivity contribution in [2.24, 2.45) is 0 Å². The number of benzene rings is 2. The summed E-state index contributed by atoms with van der Waals surface area (Å²) in [6.45, 7) is 3.12. The van der Waals surface area contributed by atoms with Gasteiger partial charge >= 0.3 is 0 Å². The number of carbonyl (C=O) groups excluding carboxylic acids is 1. The minimum absolute atomic E-state index is 0.137. The van der Waals surface area contributed by atoms with Gasteiger partial charge in [0.25, 0.3) is 0 Å². The number of rotatable bonds is 5. The Bertz CT molecular complexity index is 1130. The van der Waals surface area contributed by atoms with Crippen molar-refractivity contribution >= 4 is 11.7 Å².